The quantitative estimate of drug-likeness (QED) is 0.435. The molecule has 0 N–H and O–H groups in total. The summed E-state index contributed by atoms with van der Waals surface area (Å²) in [6, 6.07) is 0. The summed E-state index contributed by atoms with van der Waals surface area (Å²) in [4.78, 5) is 11.1. The second-order valence-electron chi connectivity index (χ2n) is 2.91. The van der Waals surface area contributed by atoms with Crippen LogP contribution in [0.2, 0.25) is 0 Å². The summed E-state index contributed by atoms with van der Waals surface area (Å²) in [5, 5.41) is 0. The van der Waals surface area contributed by atoms with E-state index in [-0.39, 0.29) is 0 Å². The van der Waals surface area contributed by atoms with Crippen molar-refractivity contribution in [2.24, 2.45) is 0 Å². The van der Waals surface area contributed by atoms with Crippen LogP contribution in [0.1, 0.15) is 32.1 Å². The molecule has 1 rings (SSSR count). The van der Waals surface area contributed by atoms with Gasteiger partial charge in [0.2, 0.25) is 0 Å². The van der Waals surface area contributed by atoms with Crippen LogP contribution >= 0.6 is 22.6 Å². The number of ketones is 1. The van der Waals surface area contributed by atoms with Gasteiger partial charge in [-0.25, -0.2) is 0 Å². The summed E-state index contributed by atoms with van der Waals surface area (Å²) in [5.74, 6) is 0.316. The molecule has 0 atom stereocenters. The minimum atomic E-state index is 0.316. The fraction of sp³-hybridized carbons (Fsp3) is 0.667. The first-order chi connectivity index (χ1) is 5.33. The zero-order chi connectivity index (χ0) is 8.10. The molecule has 0 radical (unpaired) electrons. The molecule has 0 bridgehead atoms. The minimum Gasteiger partial charge on any atom is -0.295 e. The molecule has 0 aromatic carbocycles. The van der Waals surface area contributed by atoms with Crippen LogP contribution in [0.5, 0.6) is 0 Å². The second-order valence-corrected chi connectivity index (χ2v) is 3.99. The third-order valence-corrected chi connectivity index (χ3v) is 2.49. The van der Waals surface area contributed by atoms with Crippen LogP contribution in [0.4, 0.5) is 0 Å². The SMILES string of the molecule is O=C(C=C1CCCC1)CCI. The van der Waals surface area contributed by atoms with Crippen LogP contribution in [0.25, 0.3) is 0 Å². The topological polar surface area (TPSA) is 17.1 Å². The van der Waals surface area contributed by atoms with E-state index in [4.69, 9.17) is 0 Å². The molecule has 0 aromatic heterocycles. The maximum Gasteiger partial charge on any atom is 0.156 e. The van der Waals surface area contributed by atoms with Crippen molar-refractivity contribution in [3.8, 4) is 0 Å². The Balaban J connectivity index is 2.36. The lowest BCUT2D eigenvalue weighted by molar-refractivity contribution is -0.114. The van der Waals surface area contributed by atoms with E-state index in [2.05, 4.69) is 22.6 Å². The van der Waals surface area contributed by atoms with Gasteiger partial charge in [0.05, 0.1) is 0 Å². The average Bonchev–Trinajstić information content (AvgIpc) is 2.40. The normalized spacial score (nSPS) is 17.0. The lowest BCUT2D eigenvalue weighted by Crippen LogP contribution is -1.93. The molecule has 11 heavy (non-hydrogen) atoms. The van der Waals surface area contributed by atoms with Crippen LogP contribution in [0.3, 0.4) is 0 Å². The molecule has 1 saturated carbocycles. The summed E-state index contributed by atoms with van der Waals surface area (Å²) < 4.78 is 0.945. The predicted molar refractivity (Wildman–Crippen MR) is 55.1 cm³/mol. The summed E-state index contributed by atoms with van der Waals surface area (Å²) in [6.45, 7) is 0. The highest BCUT2D eigenvalue weighted by molar-refractivity contribution is 14.1. The Morgan fingerprint density at radius 1 is 1.45 bits per heavy atom. The fourth-order valence-corrected chi connectivity index (χ4v) is 1.90. The molecular weight excluding hydrogens is 251 g/mol. The Bertz CT molecular complexity index is 164. The fourth-order valence-electron chi connectivity index (χ4n) is 1.37. The number of rotatable bonds is 3. The monoisotopic (exact) mass is 264 g/mol. The molecule has 1 nitrogen and oxygen atoms in total. The molecule has 0 aromatic rings. The third kappa shape index (κ3) is 3.36. The number of carbonyl (C=O) groups is 1. The van der Waals surface area contributed by atoms with Gasteiger partial charge >= 0.3 is 0 Å². The standard InChI is InChI=1S/C9H13IO/c10-6-5-9(11)7-8-3-1-2-4-8/h7H,1-6H2. The minimum absolute atomic E-state index is 0.316. The molecule has 0 amide bonds. The molecule has 1 fully saturated rings. The van der Waals surface area contributed by atoms with E-state index in [1.54, 1.807) is 0 Å². The van der Waals surface area contributed by atoms with Crippen molar-refractivity contribution in [1.82, 2.24) is 0 Å². The van der Waals surface area contributed by atoms with E-state index in [0.717, 1.165) is 17.3 Å². The van der Waals surface area contributed by atoms with E-state index < -0.39 is 0 Å². The highest BCUT2D eigenvalue weighted by Crippen LogP contribution is 2.23. The Labute approximate surface area is 81.4 Å². The van der Waals surface area contributed by atoms with Gasteiger partial charge in [0.25, 0.3) is 0 Å². The lowest BCUT2D eigenvalue weighted by Gasteiger charge is -1.93. The Morgan fingerprint density at radius 3 is 2.64 bits per heavy atom. The number of halogens is 1. The molecule has 0 spiro atoms. The molecule has 2 heteroatoms. The van der Waals surface area contributed by atoms with Gasteiger partial charge in [-0.05, 0) is 31.8 Å². The first kappa shape index (κ1) is 9.23. The zero-order valence-electron chi connectivity index (χ0n) is 6.61. The van der Waals surface area contributed by atoms with E-state index in [1.807, 2.05) is 6.08 Å². The Hall–Kier alpha value is 0.140. The number of allylic oxidation sites excluding steroid dienone is 2. The number of alkyl halides is 1. The second kappa shape index (κ2) is 4.91. The van der Waals surface area contributed by atoms with Crippen LogP contribution in [-0.2, 0) is 4.79 Å². The maximum atomic E-state index is 11.1. The molecule has 1 aliphatic carbocycles. The Morgan fingerprint density at radius 2 is 2.09 bits per heavy atom. The van der Waals surface area contributed by atoms with Gasteiger partial charge in [-0.15, -0.1) is 0 Å². The highest BCUT2D eigenvalue weighted by atomic mass is 127. The van der Waals surface area contributed by atoms with Gasteiger partial charge in [0, 0.05) is 10.8 Å². The van der Waals surface area contributed by atoms with Crippen molar-refractivity contribution in [3.05, 3.63) is 11.6 Å². The highest BCUT2D eigenvalue weighted by Gasteiger charge is 2.07. The van der Waals surface area contributed by atoms with Crippen molar-refractivity contribution in [2.75, 3.05) is 4.43 Å². The van der Waals surface area contributed by atoms with Crippen LogP contribution in [0.15, 0.2) is 11.6 Å². The molecule has 0 saturated heterocycles. The van der Waals surface area contributed by atoms with E-state index in [9.17, 15) is 4.79 Å². The van der Waals surface area contributed by atoms with Crippen molar-refractivity contribution in [1.29, 1.82) is 0 Å². The summed E-state index contributed by atoms with van der Waals surface area (Å²) in [5.41, 5.74) is 1.37. The van der Waals surface area contributed by atoms with Gasteiger partial charge in [-0.3, -0.25) is 4.79 Å². The first-order valence-electron chi connectivity index (χ1n) is 4.11. The Kier molecular flexibility index (Phi) is 4.12. The number of carbonyl (C=O) groups excluding carboxylic acids is 1. The summed E-state index contributed by atoms with van der Waals surface area (Å²) >= 11 is 2.24. The first-order valence-corrected chi connectivity index (χ1v) is 5.63. The van der Waals surface area contributed by atoms with Crippen LogP contribution in [-0.4, -0.2) is 10.2 Å². The van der Waals surface area contributed by atoms with E-state index >= 15 is 0 Å². The van der Waals surface area contributed by atoms with Crippen molar-refractivity contribution in [3.63, 3.8) is 0 Å². The average molecular weight is 264 g/mol. The molecular formula is C9H13IO. The zero-order valence-corrected chi connectivity index (χ0v) is 8.76. The molecule has 0 unspecified atom stereocenters. The van der Waals surface area contributed by atoms with Gasteiger partial charge in [-0.2, -0.15) is 0 Å². The number of hydrogen-bond acceptors (Lipinski definition) is 1. The molecule has 0 aliphatic heterocycles. The van der Waals surface area contributed by atoms with E-state index in [1.165, 1.54) is 18.4 Å². The predicted octanol–water partition coefficient (Wildman–Crippen LogP) is 2.88. The summed E-state index contributed by atoms with van der Waals surface area (Å²) in [7, 11) is 0. The number of hydrogen-bond donors (Lipinski definition) is 0. The largest absolute Gasteiger partial charge is 0.295 e. The van der Waals surface area contributed by atoms with Gasteiger partial charge in [-0.1, -0.05) is 28.2 Å². The molecule has 1 aliphatic rings. The van der Waals surface area contributed by atoms with Crippen molar-refractivity contribution >= 4 is 28.4 Å². The van der Waals surface area contributed by atoms with Crippen LogP contribution < -0.4 is 0 Å². The van der Waals surface area contributed by atoms with Crippen molar-refractivity contribution < 1.29 is 4.79 Å². The smallest absolute Gasteiger partial charge is 0.156 e. The lowest BCUT2D eigenvalue weighted by atomic mass is 10.1. The van der Waals surface area contributed by atoms with Gasteiger partial charge in [0.1, 0.15) is 0 Å². The van der Waals surface area contributed by atoms with Gasteiger partial charge in [0.15, 0.2) is 5.78 Å². The maximum absolute atomic E-state index is 11.1. The van der Waals surface area contributed by atoms with Crippen LogP contribution in [0, 0.1) is 0 Å². The van der Waals surface area contributed by atoms with Gasteiger partial charge < -0.3 is 0 Å². The third-order valence-electron chi connectivity index (χ3n) is 1.95. The van der Waals surface area contributed by atoms with E-state index in [0.29, 0.717) is 12.2 Å². The molecule has 0 heterocycles. The van der Waals surface area contributed by atoms with Crippen molar-refractivity contribution in [2.45, 2.75) is 32.1 Å². The summed E-state index contributed by atoms with van der Waals surface area (Å²) in [6.07, 6.45) is 7.46. The molecule has 62 valence electrons.